The molecule has 5 heteroatoms. The molecule has 0 saturated heterocycles. The largest absolute Gasteiger partial charge is 0.322 e. The number of rotatable bonds is 4. The summed E-state index contributed by atoms with van der Waals surface area (Å²) in [6.07, 6.45) is 2.99. The minimum atomic E-state index is -0.309. The van der Waals surface area contributed by atoms with E-state index in [1.54, 1.807) is 48.5 Å². The Morgan fingerprint density at radius 2 is 1.73 bits per heavy atom. The summed E-state index contributed by atoms with van der Waals surface area (Å²) in [5.74, 6) is -0.364. The fourth-order valence-electron chi connectivity index (χ4n) is 1.84. The lowest BCUT2D eigenvalue weighted by Crippen LogP contribution is -2.08. The Hall–Kier alpha value is -2.10. The van der Waals surface area contributed by atoms with Crippen LogP contribution >= 0.6 is 23.2 Å². The van der Waals surface area contributed by atoms with E-state index >= 15 is 0 Å². The van der Waals surface area contributed by atoms with Crippen molar-refractivity contribution in [3.8, 4) is 0 Å². The third-order valence-corrected chi connectivity index (χ3v) is 3.29. The molecular formula is C17H13Cl2NO2. The van der Waals surface area contributed by atoms with Gasteiger partial charge in [0, 0.05) is 27.4 Å². The highest BCUT2D eigenvalue weighted by Gasteiger charge is 2.03. The van der Waals surface area contributed by atoms with Gasteiger partial charge in [-0.2, -0.15) is 0 Å². The second-order valence-electron chi connectivity index (χ2n) is 4.66. The summed E-state index contributed by atoms with van der Waals surface area (Å²) in [5, 5.41) is 3.70. The molecule has 0 fully saturated rings. The molecule has 0 radical (unpaired) electrons. The zero-order chi connectivity index (χ0) is 16.1. The van der Waals surface area contributed by atoms with E-state index in [9.17, 15) is 9.59 Å². The summed E-state index contributed by atoms with van der Waals surface area (Å²) >= 11 is 11.8. The van der Waals surface area contributed by atoms with Crippen LogP contribution in [0, 0.1) is 0 Å². The predicted molar refractivity (Wildman–Crippen MR) is 90.6 cm³/mol. The highest BCUT2D eigenvalue weighted by Crippen LogP contribution is 2.20. The summed E-state index contributed by atoms with van der Waals surface area (Å²) < 4.78 is 0. The van der Waals surface area contributed by atoms with Crippen LogP contribution in [0.5, 0.6) is 0 Å². The highest BCUT2D eigenvalue weighted by molar-refractivity contribution is 6.34. The van der Waals surface area contributed by atoms with E-state index in [0.717, 1.165) is 5.56 Å². The van der Waals surface area contributed by atoms with E-state index in [1.807, 2.05) is 0 Å². The number of carbonyl (C=O) groups is 2. The highest BCUT2D eigenvalue weighted by atomic mass is 35.5. The van der Waals surface area contributed by atoms with Gasteiger partial charge >= 0.3 is 0 Å². The van der Waals surface area contributed by atoms with Crippen molar-refractivity contribution in [2.45, 2.75) is 6.92 Å². The summed E-state index contributed by atoms with van der Waals surface area (Å²) in [7, 11) is 0. The van der Waals surface area contributed by atoms with Crippen LogP contribution < -0.4 is 5.32 Å². The van der Waals surface area contributed by atoms with Crippen LogP contribution in [0.25, 0.3) is 6.08 Å². The summed E-state index contributed by atoms with van der Waals surface area (Å²) in [6.45, 7) is 1.48. The number of amides is 1. The lowest BCUT2D eigenvalue weighted by atomic mass is 10.1. The Bertz CT molecular complexity index is 734. The van der Waals surface area contributed by atoms with Crippen molar-refractivity contribution >= 4 is 46.7 Å². The number of benzene rings is 2. The van der Waals surface area contributed by atoms with E-state index in [0.29, 0.717) is 21.3 Å². The third kappa shape index (κ3) is 4.72. The average Bonchev–Trinajstić information content (AvgIpc) is 2.44. The standard InChI is InChI=1S/C17H13Cl2NO2/c1-11(21)13-3-2-4-16(9-13)20-17(22)6-5-12-7-14(18)10-15(19)8-12/h2-10H,1H3,(H,20,22)/b6-5+. The molecule has 0 aliphatic carbocycles. The van der Waals surface area contributed by atoms with E-state index in [1.165, 1.54) is 13.0 Å². The molecule has 1 N–H and O–H groups in total. The maximum Gasteiger partial charge on any atom is 0.248 e. The maximum absolute atomic E-state index is 11.9. The Balaban J connectivity index is 2.08. The lowest BCUT2D eigenvalue weighted by Gasteiger charge is -2.03. The van der Waals surface area contributed by atoms with E-state index < -0.39 is 0 Å². The Kier molecular flexibility index (Phi) is 5.36. The van der Waals surface area contributed by atoms with Crippen LogP contribution in [0.4, 0.5) is 5.69 Å². The number of hydrogen-bond donors (Lipinski definition) is 1. The molecule has 2 aromatic rings. The fraction of sp³-hybridized carbons (Fsp3) is 0.0588. The topological polar surface area (TPSA) is 46.2 Å². The molecule has 0 aliphatic heterocycles. The van der Waals surface area contributed by atoms with Gasteiger partial charge in [0.2, 0.25) is 5.91 Å². The molecule has 3 nitrogen and oxygen atoms in total. The molecule has 0 aliphatic rings. The van der Waals surface area contributed by atoms with Crippen molar-refractivity contribution in [3.05, 3.63) is 69.7 Å². The molecule has 112 valence electrons. The quantitative estimate of drug-likeness (QED) is 0.642. The number of anilines is 1. The number of hydrogen-bond acceptors (Lipinski definition) is 2. The van der Waals surface area contributed by atoms with Crippen molar-refractivity contribution in [1.82, 2.24) is 0 Å². The molecule has 1 amide bonds. The van der Waals surface area contributed by atoms with Crippen molar-refractivity contribution < 1.29 is 9.59 Å². The van der Waals surface area contributed by atoms with Gasteiger partial charge in [0.15, 0.2) is 5.78 Å². The van der Waals surface area contributed by atoms with Crippen LogP contribution in [-0.2, 0) is 4.79 Å². The van der Waals surface area contributed by atoms with Crippen molar-refractivity contribution in [3.63, 3.8) is 0 Å². The van der Waals surface area contributed by atoms with Crippen molar-refractivity contribution in [2.75, 3.05) is 5.32 Å². The van der Waals surface area contributed by atoms with Gasteiger partial charge < -0.3 is 5.32 Å². The second-order valence-corrected chi connectivity index (χ2v) is 5.54. The molecule has 2 aromatic carbocycles. The molecular weight excluding hydrogens is 321 g/mol. The Morgan fingerprint density at radius 1 is 1.05 bits per heavy atom. The average molecular weight is 334 g/mol. The maximum atomic E-state index is 11.9. The van der Waals surface area contributed by atoms with Gasteiger partial charge in [-0.05, 0) is 48.9 Å². The van der Waals surface area contributed by atoms with Gasteiger partial charge in [0.05, 0.1) is 0 Å². The molecule has 0 heterocycles. The molecule has 22 heavy (non-hydrogen) atoms. The monoisotopic (exact) mass is 333 g/mol. The van der Waals surface area contributed by atoms with Crippen LogP contribution in [0.1, 0.15) is 22.8 Å². The smallest absolute Gasteiger partial charge is 0.248 e. The van der Waals surface area contributed by atoms with Crippen LogP contribution in [0.15, 0.2) is 48.5 Å². The Morgan fingerprint density at radius 3 is 2.36 bits per heavy atom. The van der Waals surface area contributed by atoms with Gasteiger partial charge in [0.25, 0.3) is 0 Å². The van der Waals surface area contributed by atoms with Crippen LogP contribution in [0.3, 0.4) is 0 Å². The molecule has 0 bridgehead atoms. The first kappa shape index (κ1) is 16.3. The first-order valence-electron chi connectivity index (χ1n) is 6.50. The summed E-state index contributed by atoms with van der Waals surface area (Å²) in [6, 6.07) is 11.8. The van der Waals surface area contributed by atoms with Gasteiger partial charge in [-0.1, -0.05) is 35.3 Å². The number of nitrogens with one attached hydrogen (secondary N) is 1. The van der Waals surface area contributed by atoms with Crippen molar-refractivity contribution in [1.29, 1.82) is 0 Å². The fourth-order valence-corrected chi connectivity index (χ4v) is 2.39. The number of carbonyl (C=O) groups excluding carboxylic acids is 2. The van der Waals surface area contributed by atoms with Gasteiger partial charge in [-0.3, -0.25) is 9.59 Å². The zero-order valence-corrected chi connectivity index (χ0v) is 13.3. The van der Waals surface area contributed by atoms with Gasteiger partial charge in [-0.15, -0.1) is 0 Å². The minimum absolute atomic E-state index is 0.0554. The number of halogens is 2. The molecule has 0 saturated carbocycles. The molecule has 0 aromatic heterocycles. The predicted octanol–water partition coefficient (Wildman–Crippen LogP) is 4.85. The van der Waals surface area contributed by atoms with Crippen molar-refractivity contribution in [2.24, 2.45) is 0 Å². The number of Topliss-reactive ketones (excluding diaryl/α,β-unsaturated/α-hetero) is 1. The SMILES string of the molecule is CC(=O)c1cccc(NC(=O)/C=C/c2cc(Cl)cc(Cl)c2)c1. The lowest BCUT2D eigenvalue weighted by molar-refractivity contribution is -0.111. The molecule has 0 atom stereocenters. The second kappa shape index (κ2) is 7.25. The van der Waals surface area contributed by atoms with E-state index in [4.69, 9.17) is 23.2 Å². The molecule has 0 unspecified atom stereocenters. The van der Waals surface area contributed by atoms with E-state index in [-0.39, 0.29) is 11.7 Å². The molecule has 2 rings (SSSR count). The zero-order valence-electron chi connectivity index (χ0n) is 11.8. The van der Waals surface area contributed by atoms with Gasteiger partial charge in [0.1, 0.15) is 0 Å². The minimum Gasteiger partial charge on any atom is -0.322 e. The van der Waals surface area contributed by atoms with Crippen LogP contribution in [0.2, 0.25) is 10.0 Å². The first-order valence-corrected chi connectivity index (χ1v) is 7.26. The van der Waals surface area contributed by atoms with E-state index in [2.05, 4.69) is 5.32 Å². The Labute approximate surface area is 138 Å². The molecule has 0 spiro atoms. The van der Waals surface area contributed by atoms with Gasteiger partial charge in [-0.25, -0.2) is 0 Å². The first-order chi connectivity index (χ1) is 10.4. The van der Waals surface area contributed by atoms with Crippen LogP contribution in [-0.4, -0.2) is 11.7 Å². The summed E-state index contributed by atoms with van der Waals surface area (Å²) in [4.78, 5) is 23.2. The number of ketones is 1. The third-order valence-electron chi connectivity index (χ3n) is 2.85. The normalized spacial score (nSPS) is 10.7. The summed E-state index contributed by atoms with van der Waals surface area (Å²) in [5.41, 5.74) is 1.83.